The molecule has 294 valence electrons. The zero-order valence-corrected chi connectivity index (χ0v) is 33.2. The molecule has 4 amide bonds. The first-order valence-corrected chi connectivity index (χ1v) is 18.6. The molecule has 54 heavy (non-hydrogen) atoms. The third-order valence-electron chi connectivity index (χ3n) is 8.40. The number of carbonyl (C=O) groups is 4. The number of ether oxygens (including phenoxy) is 2. The highest BCUT2D eigenvalue weighted by molar-refractivity contribution is 6.03. The second-order valence-electron chi connectivity index (χ2n) is 14.5. The molecule has 3 rings (SSSR count). The fourth-order valence-electron chi connectivity index (χ4n) is 5.24. The molecule has 0 atom stereocenters. The summed E-state index contributed by atoms with van der Waals surface area (Å²) >= 11 is 0. The molecule has 13 heteroatoms. The number of hydrogen-bond acceptors (Lipinski definition) is 9. The van der Waals surface area contributed by atoms with Gasteiger partial charge in [-0.05, 0) is 77.8 Å². The number of aromatic nitrogens is 1. The van der Waals surface area contributed by atoms with Crippen molar-refractivity contribution in [2.75, 3.05) is 64.8 Å². The van der Waals surface area contributed by atoms with E-state index in [1.165, 1.54) is 4.90 Å². The lowest BCUT2D eigenvalue weighted by Crippen LogP contribution is -2.41. The van der Waals surface area contributed by atoms with E-state index in [9.17, 15) is 19.2 Å². The highest BCUT2D eigenvalue weighted by Crippen LogP contribution is 2.26. The molecule has 2 aromatic carbocycles. The number of amides is 4. The molecule has 0 bridgehead atoms. The van der Waals surface area contributed by atoms with Crippen molar-refractivity contribution in [2.45, 2.75) is 73.1 Å². The molecule has 3 aromatic rings. The minimum Gasteiger partial charge on any atom is -0.444 e. The number of anilines is 1. The van der Waals surface area contributed by atoms with Gasteiger partial charge < -0.3 is 35.6 Å². The number of nitrogens with zero attached hydrogens (tertiary/aromatic N) is 3. The maximum absolute atomic E-state index is 13.6. The standard InChI is InChI=1S/C41H59N7O6/c1-9-31-13-11-15-33(23-31)34-24-35(46-37(50)28-48(40(52)54-41(5,6)7)27-32-14-10-12-30(4)22-32)38(45-25-34)39(51)44-18-21-53-20-17-42-26-36(49)43-16-19-47(8)29(2)3/h10-15,22-25,29,42H,9,16-21,26-28H2,1-8H3,(H,43,49)(H,44,51)(H,46,50). The Bertz CT molecular complexity index is 1690. The van der Waals surface area contributed by atoms with Gasteiger partial charge in [0, 0.05) is 50.5 Å². The van der Waals surface area contributed by atoms with Crippen molar-refractivity contribution in [1.82, 2.24) is 30.7 Å². The van der Waals surface area contributed by atoms with Crippen molar-refractivity contribution in [3.63, 3.8) is 0 Å². The summed E-state index contributed by atoms with van der Waals surface area (Å²) in [7, 11) is 2.02. The summed E-state index contributed by atoms with van der Waals surface area (Å²) in [5.41, 5.74) is 4.06. The van der Waals surface area contributed by atoms with Crippen LogP contribution in [0, 0.1) is 6.92 Å². The molecule has 4 N–H and O–H groups in total. The molecule has 0 saturated heterocycles. The smallest absolute Gasteiger partial charge is 0.411 e. The van der Waals surface area contributed by atoms with Gasteiger partial charge in [-0.3, -0.25) is 19.3 Å². The number of benzene rings is 2. The van der Waals surface area contributed by atoms with Crippen LogP contribution in [0.4, 0.5) is 10.5 Å². The topological polar surface area (TPSA) is 154 Å². The number of rotatable bonds is 20. The first kappa shape index (κ1) is 43.6. The minimum absolute atomic E-state index is 0.0218. The lowest BCUT2D eigenvalue weighted by molar-refractivity contribution is -0.120. The summed E-state index contributed by atoms with van der Waals surface area (Å²) in [5, 5.41) is 11.6. The van der Waals surface area contributed by atoms with E-state index >= 15 is 0 Å². The Balaban J connectivity index is 1.64. The second-order valence-corrected chi connectivity index (χ2v) is 14.5. The largest absolute Gasteiger partial charge is 0.444 e. The van der Waals surface area contributed by atoms with E-state index in [1.54, 1.807) is 33.0 Å². The molecule has 0 unspecified atom stereocenters. The maximum atomic E-state index is 13.6. The van der Waals surface area contributed by atoms with Crippen LogP contribution in [-0.2, 0) is 32.0 Å². The Hall–Kier alpha value is -4.85. The lowest BCUT2D eigenvalue weighted by Gasteiger charge is -2.27. The average Bonchev–Trinajstić information content (AvgIpc) is 3.11. The van der Waals surface area contributed by atoms with Gasteiger partial charge in [-0.15, -0.1) is 0 Å². The Morgan fingerprint density at radius 3 is 2.30 bits per heavy atom. The van der Waals surface area contributed by atoms with E-state index in [0.717, 1.165) is 35.2 Å². The molecular formula is C41H59N7O6. The van der Waals surface area contributed by atoms with E-state index < -0.39 is 23.5 Å². The number of carbonyl (C=O) groups excluding carboxylic acids is 4. The molecule has 1 aromatic heterocycles. The SMILES string of the molecule is CCc1cccc(-c2cnc(C(=O)NCCOCCNCC(=O)NCCN(C)C(C)C)c(NC(=O)CN(Cc3cccc(C)c3)C(=O)OC(C)(C)C)c2)c1. The van der Waals surface area contributed by atoms with E-state index in [0.29, 0.717) is 31.3 Å². The van der Waals surface area contributed by atoms with Gasteiger partial charge in [-0.25, -0.2) is 9.78 Å². The van der Waals surface area contributed by atoms with E-state index in [4.69, 9.17) is 9.47 Å². The molecule has 1 heterocycles. The Morgan fingerprint density at radius 2 is 1.59 bits per heavy atom. The summed E-state index contributed by atoms with van der Waals surface area (Å²) < 4.78 is 11.3. The van der Waals surface area contributed by atoms with Gasteiger partial charge in [0.25, 0.3) is 5.91 Å². The molecule has 0 spiro atoms. The lowest BCUT2D eigenvalue weighted by atomic mass is 10.0. The normalized spacial score (nSPS) is 11.4. The first-order chi connectivity index (χ1) is 25.6. The number of aryl methyl sites for hydroxylation is 2. The number of pyridine rings is 1. The Labute approximate surface area is 320 Å². The van der Waals surface area contributed by atoms with Gasteiger partial charge in [-0.1, -0.05) is 61.0 Å². The molecule has 13 nitrogen and oxygen atoms in total. The molecule has 0 aliphatic rings. The third-order valence-corrected chi connectivity index (χ3v) is 8.40. The number of nitrogens with one attached hydrogen (secondary N) is 4. The van der Waals surface area contributed by atoms with Crippen LogP contribution in [-0.4, -0.2) is 110 Å². The zero-order valence-electron chi connectivity index (χ0n) is 33.2. The Morgan fingerprint density at radius 1 is 0.870 bits per heavy atom. The third kappa shape index (κ3) is 15.6. The second kappa shape index (κ2) is 21.8. The van der Waals surface area contributed by atoms with Gasteiger partial charge >= 0.3 is 6.09 Å². The van der Waals surface area contributed by atoms with Crippen molar-refractivity contribution in [3.05, 3.63) is 83.2 Å². The van der Waals surface area contributed by atoms with Crippen molar-refractivity contribution in [3.8, 4) is 11.1 Å². The van der Waals surface area contributed by atoms with Gasteiger partial charge in [0.1, 0.15) is 12.1 Å². The fraction of sp³-hybridized carbons (Fsp3) is 0.488. The van der Waals surface area contributed by atoms with Gasteiger partial charge in [0.15, 0.2) is 5.69 Å². The predicted molar refractivity (Wildman–Crippen MR) is 212 cm³/mol. The van der Waals surface area contributed by atoms with Gasteiger partial charge in [-0.2, -0.15) is 0 Å². The monoisotopic (exact) mass is 745 g/mol. The quantitative estimate of drug-likeness (QED) is 0.120. The molecule has 0 aliphatic heterocycles. The van der Waals surface area contributed by atoms with Crippen LogP contribution in [0.3, 0.4) is 0 Å². The van der Waals surface area contributed by atoms with Crippen LogP contribution in [0.25, 0.3) is 11.1 Å². The molecule has 0 radical (unpaired) electrons. The number of likely N-dealkylation sites (N-methyl/N-ethyl adjacent to an activating group) is 1. The minimum atomic E-state index is -0.768. The predicted octanol–water partition coefficient (Wildman–Crippen LogP) is 4.79. The molecule has 0 saturated carbocycles. The summed E-state index contributed by atoms with van der Waals surface area (Å²) in [5.74, 6) is -1.09. The van der Waals surface area contributed by atoms with Crippen LogP contribution in [0.1, 0.15) is 68.7 Å². The molecule has 0 fully saturated rings. The van der Waals surface area contributed by atoms with Crippen LogP contribution < -0.4 is 21.3 Å². The highest BCUT2D eigenvalue weighted by atomic mass is 16.6. The summed E-state index contributed by atoms with van der Waals surface area (Å²) in [6, 6.07) is 17.8. The van der Waals surface area contributed by atoms with Crippen molar-refractivity contribution in [2.24, 2.45) is 0 Å². The van der Waals surface area contributed by atoms with E-state index in [1.807, 2.05) is 62.5 Å². The summed E-state index contributed by atoms with van der Waals surface area (Å²) in [4.78, 5) is 60.3. The highest BCUT2D eigenvalue weighted by Gasteiger charge is 2.25. The average molecular weight is 746 g/mol. The van der Waals surface area contributed by atoms with E-state index in [2.05, 4.69) is 51.9 Å². The van der Waals surface area contributed by atoms with Crippen molar-refractivity contribution in [1.29, 1.82) is 0 Å². The van der Waals surface area contributed by atoms with Crippen molar-refractivity contribution < 1.29 is 28.7 Å². The first-order valence-electron chi connectivity index (χ1n) is 18.6. The summed E-state index contributed by atoms with van der Waals surface area (Å²) in [6.45, 7) is 16.2. The Kier molecular flexibility index (Phi) is 17.5. The van der Waals surface area contributed by atoms with Crippen LogP contribution in [0.5, 0.6) is 0 Å². The van der Waals surface area contributed by atoms with Crippen molar-refractivity contribution >= 4 is 29.5 Å². The van der Waals surface area contributed by atoms with E-state index in [-0.39, 0.29) is 50.1 Å². The summed E-state index contributed by atoms with van der Waals surface area (Å²) in [6.07, 6.45) is 1.81. The van der Waals surface area contributed by atoms with Gasteiger partial charge in [0.05, 0.1) is 25.4 Å². The van der Waals surface area contributed by atoms with Gasteiger partial charge in [0.2, 0.25) is 11.8 Å². The molecular weight excluding hydrogens is 686 g/mol. The van der Waals surface area contributed by atoms with Crippen LogP contribution >= 0.6 is 0 Å². The van der Waals surface area contributed by atoms with Crippen LogP contribution in [0.2, 0.25) is 0 Å². The fourth-order valence-corrected chi connectivity index (χ4v) is 5.24. The maximum Gasteiger partial charge on any atom is 0.411 e. The van der Waals surface area contributed by atoms with Crippen LogP contribution in [0.15, 0.2) is 60.8 Å². The zero-order chi connectivity index (χ0) is 39.7. The molecule has 0 aliphatic carbocycles. The number of hydrogen-bond donors (Lipinski definition) is 4.